The summed E-state index contributed by atoms with van der Waals surface area (Å²) in [6.45, 7) is -2.93. The minimum absolute atomic E-state index is 0.641. The van der Waals surface area contributed by atoms with E-state index in [9.17, 15) is 91.9 Å². The van der Waals surface area contributed by atoms with Crippen molar-refractivity contribution in [3.05, 3.63) is 0 Å². The summed E-state index contributed by atoms with van der Waals surface area (Å²) in [4.78, 5) is 0. The fourth-order valence-electron chi connectivity index (χ4n) is 8.04. The first-order valence-electron chi connectivity index (χ1n) is 20.4. The standard InChI is InChI=1S/C35H60O29/c1-7-13(40)17(44)23(50)31(56-7)63-29-19(46)16(43)10(3-37)59-35(29)64-28-14(41)8(39)5-54-34(28)55-6-12-27(62-32-24(51)18(45)15(42)9(2-36)58-32)21(48)25(52)33(60-12)61-26-11(4-38)57-30(53)22(49)20(26)47/h7-53H,2-6H2,1H3/t7-,8+,9+,10+,11+,12+,13+,14-,15+,16-,17+,18-,19-,20+,21+,22+,23-,24+,25+,26+,27+,28+,29+,30+,31-,32-,33-,34+,35-/m0/s1. The molecule has 0 radical (unpaired) electrons. The summed E-state index contributed by atoms with van der Waals surface area (Å²) in [6.07, 6.45) is -53.7. The van der Waals surface area contributed by atoms with E-state index in [2.05, 4.69) is 0 Å². The highest BCUT2D eigenvalue weighted by molar-refractivity contribution is 4.98. The Kier molecular flexibility index (Phi) is 18.0. The Hall–Kier alpha value is -1.16. The van der Waals surface area contributed by atoms with E-state index in [4.69, 9.17) is 52.1 Å². The predicted octanol–water partition coefficient (Wildman–Crippen LogP) is -12.4. The molecule has 6 rings (SSSR count). The number of hydrogen-bond donors (Lipinski definition) is 18. The highest BCUT2D eigenvalue weighted by Crippen LogP contribution is 2.35. The van der Waals surface area contributed by atoms with Gasteiger partial charge in [-0.3, -0.25) is 0 Å². The van der Waals surface area contributed by atoms with Crippen LogP contribution in [-0.4, -0.2) is 303 Å². The van der Waals surface area contributed by atoms with Gasteiger partial charge >= 0.3 is 0 Å². The maximum Gasteiger partial charge on any atom is 0.187 e. The molecule has 29 heteroatoms. The second-order valence-electron chi connectivity index (χ2n) is 16.3. The van der Waals surface area contributed by atoms with Gasteiger partial charge in [0.1, 0.15) is 134 Å². The summed E-state index contributed by atoms with van der Waals surface area (Å²) in [5, 5.41) is 189. The van der Waals surface area contributed by atoms with Crippen molar-refractivity contribution < 1.29 is 144 Å². The van der Waals surface area contributed by atoms with Gasteiger partial charge in [-0.2, -0.15) is 0 Å². The average Bonchev–Trinajstić information content (AvgIpc) is 3.28. The zero-order chi connectivity index (χ0) is 47.1. The molecule has 6 fully saturated rings. The van der Waals surface area contributed by atoms with E-state index in [0.29, 0.717) is 0 Å². The van der Waals surface area contributed by atoms with E-state index < -0.39 is 211 Å². The Balaban J connectivity index is 1.25. The third kappa shape index (κ3) is 10.7. The van der Waals surface area contributed by atoms with E-state index >= 15 is 0 Å². The van der Waals surface area contributed by atoms with E-state index in [1.165, 1.54) is 6.92 Å². The van der Waals surface area contributed by atoms with Crippen molar-refractivity contribution in [3.8, 4) is 0 Å². The van der Waals surface area contributed by atoms with Crippen LogP contribution < -0.4 is 0 Å². The summed E-state index contributed by atoms with van der Waals surface area (Å²) in [6, 6.07) is 0. The number of aliphatic hydroxyl groups excluding tert-OH is 18. The van der Waals surface area contributed by atoms with Crippen molar-refractivity contribution in [1.29, 1.82) is 0 Å². The molecule has 0 bridgehead atoms. The van der Waals surface area contributed by atoms with E-state index in [-0.39, 0.29) is 0 Å². The van der Waals surface area contributed by atoms with Crippen LogP contribution in [0.1, 0.15) is 6.92 Å². The van der Waals surface area contributed by atoms with Crippen LogP contribution in [0, 0.1) is 0 Å². The summed E-state index contributed by atoms with van der Waals surface area (Å²) in [5.41, 5.74) is 0. The third-order valence-corrected chi connectivity index (χ3v) is 12.0. The summed E-state index contributed by atoms with van der Waals surface area (Å²) >= 11 is 0. The summed E-state index contributed by atoms with van der Waals surface area (Å²) < 4.78 is 62.1. The lowest BCUT2D eigenvalue weighted by Crippen LogP contribution is -2.67. The van der Waals surface area contributed by atoms with Gasteiger partial charge in [0, 0.05) is 0 Å². The zero-order valence-corrected chi connectivity index (χ0v) is 33.8. The maximum atomic E-state index is 11.5. The third-order valence-electron chi connectivity index (χ3n) is 12.0. The van der Waals surface area contributed by atoms with Gasteiger partial charge in [-0.05, 0) is 6.92 Å². The van der Waals surface area contributed by atoms with Crippen molar-refractivity contribution in [1.82, 2.24) is 0 Å². The maximum absolute atomic E-state index is 11.5. The second-order valence-corrected chi connectivity index (χ2v) is 16.3. The van der Waals surface area contributed by atoms with Crippen LogP contribution in [0.5, 0.6) is 0 Å². The highest BCUT2D eigenvalue weighted by atomic mass is 16.8. The van der Waals surface area contributed by atoms with Gasteiger partial charge in [-0.15, -0.1) is 0 Å². The van der Waals surface area contributed by atoms with Crippen LogP contribution in [0.4, 0.5) is 0 Å². The number of ether oxygens (including phenoxy) is 11. The lowest BCUT2D eigenvalue weighted by Gasteiger charge is -2.49. The first-order chi connectivity index (χ1) is 30.2. The van der Waals surface area contributed by atoms with Crippen molar-refractivity contribution in [2.24, 2.45) is 0 Å². The Labute approximate surface area is 362 Å². The van der Waals surface area contributed by atoms with Gasteiger partial charge in [0.05, 0.1) is 39.1 Å². The fourth-order valence-corrected chi connectivity index (χ4v) is 8.04. The van der Waals surface area contributed by atoms with Crippen LogP contribution >= 0.6 is 0 Å². The Morgan fingerprint density at radius 2 is 0.797 bits per heavy atom. The molecule has 6 saturated heterocycles. The van der Waals surface area contributed by atoms with Crippen molar-refractivity contribution in [2.75, 3.05) is 33.0 Å². The van der Waals surface area contributed by atoms with Crippen molar-refractivity contribution in [3.63, 3.8) is 0 Å². The Morgan fingerprint density at radius 1 is 0.375 bits per heavy atom. The molecule has 0 unspecified atom stereocenters. The van der Waals surface area contributed by atoms with Gasteiger partial charge < -0.3 is 144 Å². The normalized spacial score (nSPS) is 54.1. The molecule has 64 heavy (non-hydrogen) atoms. The molecule has 0 amide bonds. The largest absolute Gasteiger partial charge is 0.394 e. The average molecular weight is 945 g/mol. The van der Waals surface area contributed by atoms with E-state index in [0.717, 1.165) is 0 Å². The Bertz CT molecular complexity index is 1440. The molecule has 6 aliphatic rings. The summed E-state index contributed by atoms with van der Waals surface area (Å²) in [5.74, 6) is 0. The minimum Gasteiger partial charge on any atom is -0.394 e. The molecule has 0 saturated carbocycles. The fraction of sp³-hybridized carbons (Fsp3) is 1.00. The lowest BCUT2D eigenvalue weighted by molar-refractivity contribution is -0.394. The molecule has 6 heterocycles. The topological polar surface area (TPSA) is 466 Å². The molecule has 0 aromatic carbocycles. The molecular weight excluding hydrogens is 884 g/mol. The molecule has 29 atom stereocenters. The van der Waals surface area contributed by atoms with Gasteiger partial charge in [-0.25, -0.2) is 0 Å². The lowest BCUT2D eigenvalue weighted by atomic mass is 9.96. The van der Waals surface area contributed by atoms with E-state index in [1.807, 2.05) is 0 Å². The summed E-state index contributed by atoms with van der Waals surface area (Å²) in [7, 11) is 0. The molecule has 0 aromatic heterocycles. The first-order valence-corrected chi connectivity index (χ1v) is 20.4. The molecule has 0 spiro atoms. The number of rotatable bonds is 14. The highest BCUT2D eigenvalue weighted by Gasteiger charge is 2.56. The van der Waals surface area contributed by atoms with Crippen LogP contribution in [0.25, 0.3) is 0 Å². The Morgan fingerprint density at radius 3 is 1.39 bits per heavy atom. The quantitative estimate of drug-likeness (QED) is 0.0769. The van der Waals surface area contributed by atoms with Gasteiger partial charge in [0.2, 0.25) is 0 Å². The monoisotopic (exact) mass is 944 g/mol. The molecule has 18 N–H and O–H groups in total. The van der Waals surface area contributed by atoms with Gasteiger partial charge in [0.15, 0.2) is 37.7 Å². The van der Waals surface area contributed by atoms with Crippen LogP contribution in [0.2, 0.25) is 0 Å². The van der Waals surface area contributed by atoms with Gasteiger partial charge in [0.25, 0.3) is 0 Å². The molecule has 0 aromatic rings. The molecule has 374 valence electrons. The zero-order valence-electron chi connectivity index (χ0n) is 33.8. The van der Waals surface area contributed by atoms with Crippen molar-refractivity contribution >= 4 is 0 Å². The van der Waals surface area contributed by atoms with Crippen LogP contribution in [0.3, 0.4) is 0 Å². The molecule has 29 nitrogen and oxygen atoms in total. The smallest absolute Gasteiger partial charge is 0.187 e. The number of hydrogen-bond acceptors (Lipinski definition) is 29. The minimum atomic E-state index is -2.17. The first kappa shape index (κ1) is 52.2. The van der Waals surface area contributed by atoms with Crippen LogP contribution in [0.15, 0.2) is 0 Å². The van der Waals surface area contributed by atoms with E-state index in [1.54, 1.807) is 0 Å². The molecular formula is C35H60O29. The van der Waals surface area contributed by atoms with Crippen molar-refractivity contribution in [2.45, 2.75) is 185 Å². The van der Waals surface area contributed by atoms with Crippen LogP contribution in [-0.2, 0) is 52.1 Å². The van der Waals surface area contributed by atoms with Gasteiger partial charge in [-0.1, -0.05) is 0 Å². The predicted molar refractivity (Wildman–Crippen MR) is 192 cm³/mol. The number of aliphatic hydroxyl groups is 18. The SMILES string of the molecule is C[C@@H]1O[C@@H](O[C@H]2[C@H](O[C@H]3[C@@H](OC[C@H]4O[C@@H](O[C@H]5[C@H](O)[C@@H](O)[C@H](O)O[C@@H]5CO)[C@H](O)[C@@H](O)[C@@H]4O[C@@H]4O[C@H](CO)[C@@H](O)[C@H](O)[C@H]4O)OC[C@@H](O)[C@@H]3O)O[C@H](CO)[C@H](O)[C@@H]2O)[C@@H](O)[C@H](O)[C@@H]1O. The second kappa shape index (κ2) is 22.1. The molecule has 0 aliphatic carbocycles. The molecule has 6 aliphatic heterocycles.